The fourth-order valence-corrected chi connectivity index (χ4v) is 1.23. The zero-order valence-electron chi connectivity index (χ0n) is 6.89. The summed E-state index contributed by atoms with van der Waals surface area (Å²) in [6.07, 6.45) is -0.448. The maximum absolute atomic E-state index is 10.5. The summed E-state index contributed by atoms with van der Waals surface area (Å²) in [5, 5.41) is 10.5. The fourth-order valence-electron chi connectivity index (χ4n) is 1.23. The van der Waals surface area contributed by atoms with Gasteiger partial charge in [0.2, 0.25) is 12.0 Å². The Morgan fingerprint density at radius 2 is 2.23 bits per heavy atom. The quantitative estimate of drug-likeness (QED) is 0.488. The number of nitrogens with zero attached hydrogens (tertiary/aromatic N) is 1. The molecule has 1 aromatic carbocycles. The third-order valence-corrected chi connectivity index (χ3v) is 1.73. The summed E-state index contributed by atoms with van der Waals surface area (Å²) in [4.78, 5) is 10.1. The molecule has 0 radical (unpaired) electrons. The van der Waals surface area contributed by atoms with E-state index in [0.29, 0.717) is 5.75 Å². The van der Waals surface area contributed by atoms with Crippen LogP contribution < -0.4 is 9.47 Å². The Balaban J connectivity index is 2.51. The average Bonchev–Trinajstić information content (AvgIpc) is 2.43. The Morgan fingerprint density at radius 3 is 2.92 bits per heavy atom. The molecule has 1 aliphatic heterocycles. The van der Waals surface area contributed by atoms with Crippen LogP contribution in [0.4, 0.5) is 5.69 Å². The van der Waals surface area contributed by atoms with Gasteiger partial charge in [-0.2, -0.15) is 0 Å². The van der Waals surface area contributed by atoms with Crippen molar-refractivity contribution >= 4 is 5.69 Å². The second-order valence-electron chi connectivity index (χ2n) is 2.66. The van der Waals surface area contributed by atoms with Gasteiger partial charge in [-0.1, -0.05) is 6.07 Å². The lowest BCUT2D eigenvalue weighted by atomic mass is 10.3. The van der Waals surface area contributed by atoms with E-state index in [9.17, 15) is 10.1 Å². The molecule has 13 heavy (non-hydrogen) atoms. The molecule has 1 atom stereocenters. The van der Waals surface area contributed by atoms with E-state index in [1.807, 2.05) is 0 Å². The molecular weight excluding hydrogens is 174 g/mol. The maximum atomic E-state index is 10.5. The molecule has 0 aromatic heterocycles. The second kappa shape index (κ2) is 2.62. The van der Waals surface area contributed by atoms with Gasteiger partial charge in [0.05, 0.1) is 4.92 Å². The smallest absolute Gasteiger partial charge is 0.315 e. The van der Waals surface area contributed by atoms with Crippen molar-refractivity contribution in [1.29, 1.82) is 0 Å². The molecule has 0 spiro atoms. The Bertz CT molecular complexity index is 363. The molecule has 0 aliphatic carbocycles. The first kappa shape index (κ1) is 7.85. The highest BCUT2D eigenvalue weighted by Gasteiger charge is 2.28. The Kier molecular flexibility index (Phi) is 1.58. The zero-order chi connectivity index (χ0) is 9.42. The van der Waals surface area contributed by atoms with Crippen LogP contribution in [0, 0.1) is 10.1 Å². The first-order valence-corrected chi connectivity index (χ1v) is 3.79. The maximum Gasteiger partial charge on any atom is 0.315 e. The van der Waals surface area contributed by atoms with Gasteiger partial charge in [0.15, 0.2) is 5.75 Å². The van der Waals surface area contributed by atoms with Gasteiger partial charge >= 0.3 is 5.69 Å². The van der Waals surface area contributed by atoms with E-state index in [-0.39, 0.29) is 11.4 Å². The molecule has 1 heterocycles. The van der Waals surface area contributed by atoms with E-state index in [1.165, 1.54) is 6.07 Å². The minimum absolute atomic E-state index is 0.0538. The number of para-hydroxylation sites is 1. The Hall–Kier alpha value is -1.78. The molecule has 1 aromatic rings. The standard InChI is InChI=1S/C8H7NO4/c1-5-12-7-4-2-3-6(9(10)11)8(7)13-5/h2-5H,1H3. The number of ether oxygens (including phenoxy) is 2. The van der Waals surface area contributed by atoms with Crippen LogP contribution in [-0.4, -0.2) is 11.2 Å². The molecule has 0 N–H and O–H groups in total. The predicted octanol–water partition coefficient (Wildman–Crippen LogP) is 1.71. The molecule has 68 valence electrons. The minimum atomic E-state index is -0.486. The number of hydrogen-bond donors (Lipinski definition) is 0. The number of fused-ring (bicyclic) bond motifs is 1. The summed E-state index contributed by atoms with van der Waals surface area (Å²) < 4.78 is 10.3. The molecule has 0 amide bonds. The van der Waals surface area contributed by atoms with Crippen LogP contribution in [0.3, 0.4) is 0 Å². The molecule has 5 heteroatoms. The van der Waals surface area contributed by atoms with Crippen molar-refractivity contribution in [3.63, 3.8) is 0 Å². The van der Waals surface area contributed by atoms with Crippen LogP contribution in [0.25, 0.3) is 0 Å². The number of nitro benzene ring substituents is 1. The van der Waals surface area contributed by atoms with Crippen LogP contribution in [0.1, 0.15) is 6.92 Å². The van der Waals surface area contributed by atoms with Crippen molar-refractivity contribution in [3.8, 4) is 11.5 Å². The van der Waals surface area contributed by atoms with Gasteiger partial charge in [-0.05, 0) is 6.07 Å². The van der Waals surface area contributed by atoms with Gasteiger partial charge in [0, 0.05) is 13.0 Å². The van der Waals surface area contributed by atoms with Crippen LogP contribution >= 0.6 is 0 Å². The van der Waals surface area contributed by atoms with Crippen LogP contribution in [0.15, 0.2) is 18.2 Å². The SMILES string of the molecule is CC1Oc2cccc([N+](=O)[O-])c2O1. The first-order chi connectivity index (χ1) is 6.18. The molecule has 0 saturated heterocycles. The van der Waals surface area contributed by atoms with Crippen molar-refractivity contribution in [2.24, 2.45) is 0 Å². The summed E-state index contributed by atoms with van der Waals surface area (Å²) in [6, 6.07) is 4.60. The molecule has 0 bridgehead atoms. The van der Waals surface area contributed by atoms with Gasteiger partial charge in [0.1, 0.15) is 0 Å². The third kappa shape index (κ3) is 1.18. The molecule has 0 fully saturated rings. The molecule has 1 aliphatic rings. The second-order valence-corrected chi connectivity index (χ2v) is 2.66. The first-order valence-electron chi connectivity index (χ1n) is 3.79. The lowest BCUT2D eigenvalue weighted by Crippen LogP contribution is -2.11. The largest absolute Gasteiger partial charge is 0.451 e. The normalized spacial score (nSPS) is 18.7. The monoisotopic (exact) mass is 181 g/mol. The lowest BCUT2D eigenvalue weighted by molar-refractivity contribution is -0.385. The zero-order valence-corrected chi connectivity index (χ0v) is 6.89. The van der Waals surface area contributed by atoms with Gasteiger partial charge in [0.25, 0.3) is 0 Å². The van der Waals surface area contributed by atoms with E-state index in [4.69, 9.17) is 9.47 Å². The lowest BCUT2D eigenvalue weighted by Gasteiger charge is -1.99. The van der Waals surface area contributed by atoms with Crippen LogP contribution in [0.2, 0.25) is 0 Å². The van der Waals surface area contributed by atoms with Crippen molar-refractivity contribution in [1.82, 2.24) is 0 Å². The van der Waals surface area contributed by atoms with Gasteiger partial charge in [-0.25, -0.2) is 0 Å². The molecule has 0 saturated carbocycles. The highest BCUT2D eigenvalue weighted by atomic mass is 16.7. The third-order valence-electron chi connectivity index (χ3n) is 1.73. The average molecular weight is 181 g/mol. The summed E-state index contributed by atoms with van der Waals surface area (Å²) >= 11 is 0. The molecule has 5 nitrogen and oxygen atoms in total. The van der Waals surface area contributed by atoms with E-state index in [1.54, 1.807) is 19.1 Å². The minimum Gasteiger partial charge on any atom is -0.451 e. The van der Waals surface area contributed by atoms with E-state index in [2.05, 4.69) is 0 Å². The van der Waals surface area contributed by atoms with Crippen molar-refractivity contribution in [2.45, 2.75) is 13.2 Å². The van der Waals surface area contributed by atoms with Crippen molar-refractivity contribution in [2.75, 3.05) is 0 Å². The number of nitro groups is 1. The summed E-state index contributed by atoms with van der Waals surface area (Å²) in [7, 11) is 0. The van der Waals surface area contributed by atoms with Crippen molar-refractivity contribution < 1.29 is 14.4 Å². The van der Waals surface area contributed by atoms with E-state index >= 15 is 0 Å². The van der Waals surface area contributed by atoms with Crippen LogP contribution in [-0.2, 0) is 0 Å². The van der Waals surface area contributed by atoms with Crippen LogP contribution in [0.5, 0.6) is 11.5 Å². The van der Waals surface area contributed by atoms with E-state index < -0.39 is 11.2 Å². The highest BCUT2D eigenvalue weighted by Crippen LogP contribution is 2.41. The fraction of sp³-hybridized carbons (Fsp3) is 0.250. The number of benzene rings is 1. The van der Waals surface area contributed by atoms with Gasteiger partial charge in [-0.3, -0.25) is 10.1 Å². The summed E-state index contributed by atoms with van der Waals surface area (Å²) in [6.45, 7) is 1.68. The van der Waals surface area contributed by atoms with E-state index in [0.717, 1.165) is 0 Å². The number of rotatable bonds is 1. The molecular formula is C8H7NO4. The van der Waals surface area contributed by atoms with Gasteiger partial charge in [-0.15, -0.1) is 0 Å². The predicted molar refractivity (Wildman–Crippen MR) is 43.8 cm³/mol. The Labute approximate surface area is 74.0 Å². The topological polar surface area (TPSA) is 61.6 Å². The van der Waals surface area contributed by atoms with Crippen molar-refractivity contribution in [3.05, 3.63) is 28.3 Å². The number of hydrogen-bond acceptors (Lipinski definition) is 4. The summed E-state index contributed by atoms with van der Waals surface area (Å²) in [5.74, 6) is 0.654. The molecule has 1 unspecified atom stereocenters. The summed E-state index contributed by atoms with van der Waals surface area (Å²) in [5.41, 5.74) is -0.0538. The van der Waals surface area contributed by atoms with Gasteiger partial charge < -0.3 is 9.47 Å². The Morgan fingerprint density at radius 1 is 1.46 bits per heavy atom. The highest BCUT2D eigenvalue weighted by molar-refractivity contribution is 5.57. The molecule has 2 rings (SSSR count).